The maximum Gasteiger partial charge on any atom is 0.0979 e. The molecule has 4 nitrogen and oxygen atoms in total. The molecule has 0 bridgehead atoms. The van der Waals surface area contributed by atoms with E-state index in [-0.39, 0.29) is 0 Å². The van der Waals surface area contributed by atoms with E-state index in [2.05, 4.69) is 157 Å². The van der Waals surface area contributed by atoms with Gasteiger partial charge in [0, 0.05) is 39.6 Å². The first-order valence-electron chi connectivity index (χ1n) is 18.2. The van der Waals surface area contributed by atoms with Crippen LogP contribution in [-0.2, 0) is 0 Å². The number of aromatic nitrogens is 2. The molecule has 0 aliphatic rings. The second-order valence-electron chi connectivity index (χ2n) is 12.7. The molecule has 1 aromatic heterocycles. The molecular weight excluding hydrogens is 657 g/mol. The van der Waals surface area contributed by atoms with E-state index in [1.165, 1.54) is 0 Å². The fourth-order valence-corrected chi connectivity index (χ4v) is 6.36. The Balaban J connectivity index is 0.000000695. The highest BCUT2D eigenvalue weighted by Gasteiger charge is 2.18. The molecule has 7 aromatic carbocycles. The summed E-state index contributed by atoms with van der Waals surface area (Å²) in [6.45, 7) is 7.10. The second-order valence-corrected chi connectivity index (χ2v) is 12.7. The molecule has 1 N–H and O–H groups in total. The lowest BCUT2D eigenvalue weighted by molar-refractivity contribution is 1.06. The molecule has 0 unspecified atom stereocenters. The molecule has 8 rings (SSSR count). The fourth-order valence-electron chi connectivity index (χ4n) is 6.36. The molecule has 0 saturated carbocycles. The zero-order valence-corrected chi connectivity index (χ0v) is 30.2. The van der Waals surface area contributed by atoms with Crippen molar-refractivity contribution in [2.45, 2.75) is 12.8 Å². The van der Waals surface area contributed by atoms with Crippen LogP contribution in [0.4, 0.5) is 28.4 Å². The highest BCUT2D eigenvalue weighted by atomic mass is 15.1. The maximum atomic E-state index is 5.22. The van der Waals surface area contributed by atoms with Crippen molar-refractivity contribution in [3.63, 3.8) is 0 Å². The highest BCUT2D eigenvalue weighted by molar-refractivity contribution is 5.92. The standard InChI is InChI=1S/C44H32N4.C6H10/c1-4-14-32(15-5-1)39-20-10-11-21-40(39)44-43(46-41-22-12-13-23-42(41)47-44)33-24-28-37(29-25-33)48(36-18-8-3-9-19-36)38-30-26-35(27-31-38)45-34-16-6-2-7-17-34;1-3-5-6-4-2/h1-31,45H;3-4H,1-2,5-6H2. The minimum Gasteiger partial charge on any atom is -0.356 e. The Bertz CT molecular complexity index is 2420. The number of para-hydroxylation sites is 4. The fraction of sp³-hybridized carbons (Fsp3) is 0.0400. The number of hydrogen-bond donors (Lipinski definition) is 1. The van der Waals surface area contributed by atoms with Gasteiger partial charge >= 0.3 is 0 Å². The Morgan fingerprint density at radius 2 is 0.852 bits per heavy atom. The molecule has 4 heteroatoms. The predicted octanol–water partition coefficient (Wildman–Crippen LogP) is 14.0. The van der Waals surface area contributed by atoms with E-state index in [1.54, 1.807) is 0 Å². The second kappa shape index (κ2) is 17.5. The van der Waals surface area contributed by atoms with Gasteiger partial charge in [0.2, 0.25) is 0 Å². The van der Waals surface area contributed by atoms with Crippen molar-refractivity contribution < 1.29 is 0 Å². The average molecular weight is 699 g/mol. The molecule has 0 spiro atoms. The molecule has 1 heterocycles. The third kappa shape index (κ3) is 8.36. The van der Waals surface area contributed by atoms with E-state index >= 15 is 0 Å². The van der Waals surface area contributed by atoms with Gasteiger partial charge in [0.1, 0.15) is 0 Å². The normalized spacial score (nSPS) is 10.5. The molecule has 0 amide bonds. The summed E-state index contributed by atoms with van der Waals surface area (Å²) in [6, 6.07) is 64.9. The number of rotatable bonds is 11. The van der Waals surface area contributed by atoms with Gasteiger partial charge in [0.25, 0.3) is 0 Å². The number of allylic oxidation sites excluding steroid dienone is 2. The van der Waals surface area contributed by atoms with Crippen molar-refractivity contribution in [3.05, 3.63) is 213 Å². The molecule has 0 radical (unpaired) electrons. The number of fused-ring (bicyclic) bond motifs is 1. The Morgan fingerprint density at radius 1 is 0.407 bits per heavy atom. The molecule has 262 valence electrons. The first kappa shape index (κ1) is 35.4. The van der Waals surface area contributed by atoms with Gasteiger partial charge in [-0.3, -0.25) is 0 Å². The predicted molar refractivity (Wildman–Crippen MR) is 230 cm³/mol. The zero-order valence-electron chi connectivity index (χ0n) is 30.2. The van der Waals surface area contributed by atoms with Crippen LogP contribution in [0.5, 0.6) is 0 Å². The summed E-state index contributed by atoms with van der Waals surface area (Å²) in [5.74, 6) is 0. The molecule has 8 aromatic rings. The van der Waals surface area contributed by atoms with Crippen molar-refractivity contribution in [2.24, 2.45) is 0 Å². The molecule has 0 fully saturated rings. The SMILES string of the molecule is C=CCCC=C.c1ccc(Nc2ccc(N(c3ccccc3)c3ccc(-c4nc5ccccc5nc4-c4ccccc4-c4ccccc4)cc3)cc2)cc1. The maximum absolute atomic E-state index is 5.22. The molecule has 0 aliphatic heterocycles. The number of benzene rings is 7. The third-order valence-electron chi connectivity index (χ3n) is 9.01. The van der Waals surface area contributed by atoms with E-state index in [1.807, 2.05) is 66.7 Å². The largest absolute Gasteiger partial charge is 0.356 e. The monoisotopic (exact) mass is 698 g/mol. The lowest BCUT2D eigenvalue weighted by Crippen LogP contribution is -2.09. The van der Waals surface area contributed by atoms with Crippen LogP contribution >= 0.6 is 0 Å². The van der Waals surface area contributed by atoms with Crippen molar-refractivity contribution >= 4 is 39.5 Å². The van der Waals surface area contributed by atoms with Crippen LogP contribution in [-0.4, -0.2) is 9.97 Å². The topological polar surface area (TPSA) is 41.0 Å². The third-order valence-corrected chi connectivity index (χ3v) is 9.01. The Labute approximate surface area is 318 Å². The summed E-state index contributed by atoms with van der Waals surface area (Å²) >= 11 is 0. The molecule has 0 atom stereocenters. The van der Waals surface area contributed by atoms with Crippen LogP contribution in [0.25, 0.3) is 44.7 Å². The average Bonchev–Trinajstić information content (AvgIpc) is 3.25. The quantitative estimate of drug-likeness (QED) is 0.108. The van der Waals surface area contributed by atoms with Crippen LogP contribution < -0.4 is 10.2 Å². The van der Waals surface area contributed by atoms with Crippen LogP contribution in [0.3, 0.4) is 0 Å². The minimum atomic E-state index is 0.853. The van der Waals surface area contributed by atoms with Crippen LogP contribution in [0.1, 0.15) is 12.8 Å². The van der Waals surface area contributed by atoms with Gasteiger partial charge < -0.3 is 10.2 Å². The van der Waals surface area contributed by atoms with Gasteiger partial charge in [-0.1, -0.05) is 127 Å². The smallest absolute Gasteiger partial charge is 0.0979 e. The summed E-state index contributed by atoms with van der Waals surface area (Å²) in [6.07, 6.45) is 5.90. The Hall–Kier alpha value is -7.04. The van der Waals surface area contributed by atoms with E-state index in [4.69, 9.17) is 9.97 Å². The van der Waals surface area contributed by atoms with Gasteiger partial charge in [-0.15, -0.1) is 13.2 Å². The molecular formula is C50H42N4. The summed E-state index contributed by atoms with van der Waals surface area (Å²) < 4.78 is 0. The minimum absolute atomic E-state index is 0.853. The van der Waals surface area contributed by atoms with E-state index < -0.39 is 0 Å². The number of nitrogens with zero attached hydrogens (tertiary/aromatic N) is 3. The van der Waals surface area contributed by atoms with Gasteiger partial charge in [-0.25, -0.2) is 9.97 Å². The summed E-state index contributed by atoms with van der Waals surface area (Å²) in [7, 11) is 0. The molecule has 54 heavy (non-hydrogen) atoms. The van der Waals surface area contributed by atoms with Gasteiger partial charge in [-0.05, 0) is 96.8 Å². The first-order valence-corrected chi connectivity index (χ1v) is 18.2. The van der Waals surface area contributed by atoms with Crippen molar-refractivity contribution in [3.8, 4) is 33.6 Å². The van der Waals surface area contributed by atoms with Gasteiger partial charge in [0.15, 0.2) is 0 Å². The van der Waals surface area contributed by atoms with Crippen LogP contribution in [0.15, 0.2) is 213 Å². The van der Waals surface area contributed by atoms with E-state index in [0.29, 0.717) is 0 Å². The lowest BCUT2D eigenvalue weighted by Gasteiger charge is -2.26. The summed E-state index contributed by atoms with van der Waals surface area (Å²) in [4.78, 5) is 12.7. The summed E-state index contributed by atoms with van der Waals surface area (Å²) in [5.41, 5.74) is 13.1. The lowest BCUT2D eigenvalue weighted by atomic mass is 9.94. The molecule has 0 aliphatic carbocycles. The first-order chi connectivity index (χ1) is 26.7. The number of anilines is 5. The Morgan fingerprint density at radius 3 is 1.44 bits per heavy atom. The number of hydrogen-bond acceptors (Lipinski definition) is 4. The highest BCUT2D eigenvalue weighted by Crippen LogP contribution is 2.40. The van der Waals surface area contributed by atoms with Gasteiger partial charge in [-0.2, -0.15) is 0 Å². The van der Waals surface area contributed by atoms with E-state index in [0.717, 1.165) is 86.0 Å². The van der Waals surface area contributed by atoms with Crippen molar-refractivity contribution in [1.82, 2.24) is 9.97 Å². The van der Waals surface area contributed by atoms with E-state index in [9.17, 15) is 0 Å². The number of unbranched alkanes of at least 4 members (excludes halogenated alkanes) is 1. The summed E-state index contributed by atoms with van der Waals surface area (Å²) in [5, 5.41) is 3.49. The van der Waals surface area contributed by atoms with Crippen LogP contribution in [0.2, 0.25) is 0 Å². The molecule has 0 saturated heterocycles. The zero-order chi connectivity index (χ0) is 37.0. The van der Waals surface area contributed by atoms with Crippen molar-refractivity contribution in [1.29, 1.82) is 0 Å². The Kier molecular flexibility index (Phi) is 11.4. The van der Waals surface area contributed by atoms with Crippen LogP contribution in [0, 0.1) is 0 Å². The van der Waals surface area contributed by atoms with Gasteiger partial charge in [0.05, 0.1) is 22.4 Å². The van der Waals surface area contributed by atoms with Crippen molar-refractivity contribution in [2.75, 3.05) is 10.2 Å². The number of nitrogens with one attached hydrogen (secondary N) is 1.